The monoisotopic (exact) mass is 517 g/mol. The molecule has 3 aromatic rings. The number of hydrogen-bond donors (Lipinski definition) is 1. The van der Waals surface area contributed by atoms with E-state index >= 15 is 0 Å². The van der Waals surface area contributed by atoms with Gasteiger partial charge in [-0.25, -0.2) is 4.39 Å². The molecule has 1 aromatic heterocycles. The Hall–Kier alpha value is -3.96. The summed E-state index contributed by atoms with van der Waals surface area (Å²) in [6.45, 7) is 2.21. The number of benzene rings is 2. The smallest absolute Gasteiger partial charge is 0.406 e. The highest BCUT2D eigenvalue weighted by molar-refractivity contribution is 5.97. The van der Waals surface area contributed by atoms with Crippen molar-refractivity contribution in [3.63, 3.8) is 0 Å². The standard InChI is InChI=1S/C25H23F4N5O3/c26-20-12-19(37-25(27,28)29)4-1-15(20)3-6-23(35)33-9-7-17-13-34(14-18(17)8-10-33)24(36)16-2-5-21-22(11-16)31-32-30-21/h1-6,11-12,17-18H,7-10,13-14H2,(H,30,31,32)/b6-3+/t17-,18+. The second kappa shape index (κ2) is 9.83. The Morgan fingerprint density at radius 3 is 2.43 bits per heavy atom. The topological polar surface area (TPSA) is 91.4 Å². The number of carbonyl (C=O) groups is 2. The van der Waals surface area contributed by atoms with Gasteiger partial charge in [-0.05, 0) is 61.1 Å². The summed E-state index contributed by atoms with van der Waals surface area (Å²) in [5.74, 6) is -1.42. The molecule has 2 atom stereocenters. The summed E-state index contributed by atoms with van der Waals surface area (Å²) in [4.78, 5) is 29.3. The van der Waals surface area contributed by atoms with Crippen molar-refractivity contribution in [3.05, 3.63) is 59.4 Å². The third-order valence-corrected chi connectivity index (χ3v) is 6.90. The Morgan fingerprint density at radius 1 is 1.03 bits per heavy atom. The summed E-state index contributed by atoms with van der Waals surface area (Å²) < 4.78 is 54.7. The van der Waals surface area contributed by atoms with E-state index in [1.165, 1.54) is 12.2 Å². The van der Waals surface area contributed by atoms with Crippen LogP contribution in [0.25, 0.3) is 17.1 Å². The molecule has 2 fully saturated rings. The van der Waals surface area contributed by atoms with E-state index in [1.54, 1.807) is 23.1 Å². The summed E-state index contributed by atoms with van der Waals surface area (Å²) in [6.07, 6.45) is -0.990. The molecule has 0 spiro atoms. The molecule has 194 valence electrons. The van der Waals surface area contributed by atoms with Crippen molar-refractivity contribution in [2.45, 2.75) is 19.2 Å². The normalized spacial score (nSPS) is 20.3. The van der Waals surface area contributed by atoms with Crippen LogP contribution < -0.4 is 4.74 Å². The maximum absolute atomic E-state index is 14.2. The number of H-pyrrole nitrogens is 1. The highest BCUT2D eigenvalue weighted by atomic mass is 19.4. The number of nitrogens with zero attached hydrogens (tertiary/aromatic N) is 4. The van der Waals surface area contributed by atoms with Gasteiger partial charge in [-0.15, -0.1) is 18.3 Å². The van der Waals surface area contributed by atoms with Gasteiger partial charge in [0.2, 0.25) is 5.91 Å². The van der Waals surface area contributed by atoms with E-state index in [1.807, 2.05) is 4.90 Å². The number of ether oxygens (including phenoxy) is 1. The second-order valence-electron chi connectivity index (χ2n) is 9.24. The lowest BCUT2D eigenvalue weighted by molar-refractivity contribution is -0.274. The molecule has 2 aliphatic heterocycles. The predicted molar refractivity (Wildman–Crippen MR) is 125 cm³/mol. The van der Waals surface area contributed by atoms with Gasteiger partial charge in [-0.3, -0.25) is 14.7 Å². The predicted octanol–water partition coefficient (Wildman–Crippen LogP) is 4.02. The number of alkyl halides is 3. The number of fused-ring (bicyclic) bond motifs is 2. The molecule has 37 heavy (non-hydrogen) atoms. The fraction of sp³-hybridized carbons (Fsp3) is 0.360. The highest BCUT2D eigenvalue weighted by Crippen LogP contribution is 2.33. The first-order valence-electron chi connectivity index (χ1n) is 11.8. The van der Waals surface area contributed by atoms with Crippen LogP contribution in [-0.4, -0.2) is 69.6 Å². The van der Waals surface area contributed by atoms with Gasteiger partial charge in [0.1, 0.15) is 17.1 Å². The van der Waals surface area contributed by atoms with Crippen LogP contribution in [0.4, 0.5) is 17.6 Å². The van der Waals surface area contributed by atoms with Crippen molar-refractivity contribution in [1.82, 2.24) is 25.2 Å². The number of amides is 2. The van der Waals surface area contributed by atoms with Crippen molar-refractivity contribution in [2.75, 3.05) is 26.2 Å². The fourth-order valence-corrected chi connectivity index (χ4v) is 5.00. The van der Waals surface area contributed by atoms with E-state index in [4.69, 9.17) is 0 Å². The molecule has 2 saturated heterocycles. The number of halogens is 4. The van der Waals surface area contributed by atoms with Gasteiger partial charge in [-0.1, -0.05) is 5.21 Å². The van der Waals surface area contributed by atoms with Gasteiger partial charge in [0, 0.05) is 49.4 Å². The van der Waals surface area contributed by atoms with Crippen LogP contribution in [0.2, 0.25) is 0 Å². The lowest BCUT2D eigenvalue weighted by atomic mass is 9.92. The number of aromatic amines is 1. The minimum absolute atomic E-state index is 0.0208. The number of carbonyl (C=O) groups excluding carboxylic acids is 2. The average Bonchev–Trinajstić information content (AvgIpc) is 3.44. The third-order valence-electron chi connectivity index (χ3n) is 6.90. The lowest BCUT2D eigenvalue weighted by Crippen LogP contribution is -2.33. The van der Waals surface area contributed by atoms with E-state index in [9.17, 15) is 27.2 Å². The summed E-state index contributed by atoms with van der Waals surface area (Å²) in [7, 11) is 0. The Morgan fingerprint density at radius 2 is 1.76 bits per heavy atom. The molecule has 0 radical (unpaired) electrons. The van der Waals surface area contributed by atoms with E-state index in [0.29, 0.717) is 43.3 Å². The molecule has 2 aliphatic rings. The number of likely N-dealkylation sites (tertiary alicyclic amines) is 2. The van der Waals surface area contributed by atoms with Gasteiger partial charge >= 0.3 is 6.36 Å². The Labute approximate surface area is 208 Å². The SMILES string of the molecule is O=C(/C=C/c1ccc(OC(F)(F)F)cc1F)N1CC[C@@H]2CN(C(=O)c3ccc4[nH]nnc4c3)C[C@@H]2CC1. The van der Waals surface area contributed by atoms with Crippen molar-refractivity contribution in [2.24, 2.45) is 11.8 Å². The van der Waals surface area contributed by atoms with Crippen molar-refractivity contribution >= 4 is 28.9 Å². The molecule has 0 bridgehead atoms. The average molecular weight is 517 g/mol. The first-order chi connectivity index (χ1) is 17.7. The van der Waals surface area contributed by atoms with Crippen LogP contribution in [0.15, 0.2) is 42.5 Å². The summed E-state index contributed by atoms with van der Waals surface area (Å²) in [5.41, 5.74) is 1.93. The minimum atomic E-state index is -4.92. The lowest BCUT2D eigenvalue weighted by Gasteiger charge is -2.21. The molecule has 2 aromatic carbocycles. The number of aromatic nitrogens is 3. The molecule has 3 heterocycles. The summed E-state index contributed by atoms with van der Waals surface area (Å²) >= 11 is 0. The van der Waals surface area contributed by atoms with Crippen LogP contribution in [0.5, 0.6) is 5.75 Å². The van der Waals surface area contributed by atoms with Gasteiger partial charge in [0.25, 0.3) is 5.91 Å². The Balaban J connectivity index is 1.16. The summed E-state index contributed by atoms with van der Waals surface area (Å²) in [5, 5.41) is 10.5. The molecule has 0 unspecified atom stereocenters. The van der Waals surface area contributed by atoms with Gasteiger partial charge in [-0.2, -0.15) is 0 Å². The zero-order valence-corrected chi connectivity index (χ0v) is 19.5. The van der Waals surface area contributed by atoms with Crippen molar-refractivity contribution in [3.8, 4) is 5.75 Å². The highest BCUT2D eigenvalue weighted by Gasteiger charge is 2.37. The van der Waals surface area contributed by atoms with E-state index in [-0.39, 0.29) is 29.2 Å². The van der Waals surface area contributed by atoms with Gasteiger partial charge < -0.3 is 14.5 Å². The van der Waals surface area contributed by atoms with Crippen LogP contribution in [0.1, 0.15) is 28.8 Å². The molecule has 12 heteroatoms. The second-order valence-corrected chi connectivity index (χ2v) is 9.24. The van der Waals surface area contributed by atoms with Crippen LogP contribution in [0, 0.1) is 17.7 Å². The quantitative estimate of drug-likeness (QED) is 0.417. The maximum atomic E-state index is 14.2. The van der Waals surface area contributed by atoms with Crippen molar-refractivity contribution < 1.29 is 31.9 Å². The number of nitrogens with one attached hydrogen (secondary N) is 1. The van der Waals surface area contributed by atoms with Crippen LogP contribution >= 0.6 is 0 Å². The molecule has 0 aliphatic carbocycles. The first kappa shape index (κ1) is 24.7. The van der Waals surface area contributed by atoms with Crippen LogP contribution in [0.3, 0.4) is 0 Å². The molecule has 0 saturated carbocycles. The maximum Gasteiger partial charge on any atom is 0.573 e. The molecular formula is C25H23F4N5O3. The zero-order valence-electron chi connectivity index (χ0n) is 19.5. The summed E-state index contributed by atoms with van der Waals surface area (Å²) in [6, 6.07) is 8.00. The van der Waals surface area contributed by atoms with Gasteiger partial charge in [0.05, 0.1) is 5.52 Å². The molecule has 5 rings (SSSR count). The minimum Gasteiger partial charge on any atom is -0.406 e. The molecular weight excluding hydrogens is 494 g/mol. The van der Waals surface area contributed by atoms with Crippen LogP contribution in [-0.2, 0) is 4.79 Å². The third kappa shape index (κ3) is 5.57. The first-order valence-corrected chi connectivity index (χ1v) is 11.8. The number of hydrogen-bond acceptors (Lipinski definition) is 5. The Bertz CT molecular complexity index is 1340. The largest absolute Gasteiger partial charge is 0.573 e. The van der Waals surface area contributed by atoms with E-state index in [2.05, 4.69) is 20.1 Å². The van der Waals surface area contributed by atoms with Gasteiger partial charge in [0.15, 0.2) is 0 Å². The van der Waals surface area contributed by atoms with Crippen molar-refractivity contribution in [1.29, 1.82) is 0 Å². The molecule has 2 amide bonds. The fourth-order valence-electron chi connectivity index (χ4n) is 5.00. The molecule has 1 N–H and O–H groups in total. The Kier molecular flexibility index (Phi) is 6.57. The number of rotatable bonds is 4. The van der Waals surface area contributed by atoms with E-state index < -0.39 is 17.9 Å². The van der Waals surface area contributed by atoms with E-state index in [0.717, 1.165) is 30.5 Å². The molecule has 8 nitrogen and oxygen atoms in total. The zero-order chi connectivity index (χ0) is 26.2.